The lowest BCUT2D eigenvalue weighted by atomic mass is 10.2. The van der Waals surface area contributed by atoms with Crippen molar-refractivity contribution < 1.29 is 9.45 Å². The summed E-state index contributed by atoms with van der Waals surface area (Å²) in [5.74, 6) is 0. The molecule has 0 fully saturated rings. The minimum Gasteiger partial charge on any atom is -0.382 e. The highest BCUT2D eigenvalue weighted by molar-refractivity contribution is 5.87. The monoisotopic (exact) mass is 207 g/mol. The van der Waals surface area contributed by atoms with Gasteiger partial charge in [-0.05, 0) is 6.92 Å². The zero-order valence-electron chi connectivity index (χ0n) is 8.27. The molecule has 0 saturated carbocycles. The maximum Gasteiger partial charge on any atom is 0.293 e. The molecule has 1 N–H and O–H groups in total. The fourth-order valence-electron chi connectivity index (χ4n) is 1.44. The fourth-order valence-corrected chi connectivity index (χ4v) is 1.44. The van der Waals surface area contributed by atoms with Crippen LogP contribution in [-0.2, 0) is 0 Å². The largest absolute Gasteiger partial charge is 0.382 e. The molecule has 78 valence electrons. The number of nitrogens with zero attached hydrogens (tertiary/aromatic N) is 2. The number of nitro benzene ring substituents is 1. The Bertz CT molecular complexity index is 533. The van der Waals surface area contributed by atoms with E-state index in [1.54, 1.807) is 20.0 Å². The zero-order valence-corrected chi connectivity index (χ0v) is 8.27. The molecular weight excluding hydrogens is 198 g/mol. The quantitative estimate of drug-likeness (QED) is 0.602. The SMILES string of the molecule is CNc1cc2onc(C)c2cc1[N+](=O)[O-]. The number of aryl methyl sites for hydroxylation is 1. The first kappa shape index (κ1) is 9.45. The molecule has 15 heavy (non-hydrogen) atoms. The maximum atomic E-state index is 10.8. The van der Waals surface area contributed by atoms with Crippen LogP contribution in [-0.4, -0.2) is 17.1 Å². The van der Waals surface area contributed by atoms with E-state index < -0.39 is 4.92 Å². The summed E-state index contributed by atoms with van der Waals surface area (Å²) in [7, 11) is 1.62. The van der Waals surface area contributed by atoms with Gasteiger partial charge in [-0.2, -0.15) is 0 Å². The molecule has 6 heteroatoms. The first-order chi connectivity index (χ1) is 7.13. The lowest BCUT2D eigenvalue weighted by Gasteiger charge is -2.00. The smallest absolute Gasteiger partial charge is 0.293 e. The number of anilines is 1. The number of nitro groups is 1. The predicted molar refractivity (Wildman–Crippen MR) is 54.9 cm³/mol. The summed E-state index contributed by atoms with van der Waals surface area (Å²) >= 11 is 0. The van der Waals surface area contributed by atoms with Crippen LogP contribution in [0.25, 0.3) is 11.0 Å². The van der Waals surface area contributed by atoms with Crippen LogP contribution in [0.3, 0.4) is 0 Å². The van der Waals surface area contributed by atoms with Crippen molar-refractivity contribution in [3.05, 3.63) is 27.9 Å². The summed E-state index contributed by atoms with van der Waals surface area (Å²) in [5, 5.41) is 17.9. The number of fused-ring (bicyclic) bond motifs is 1. The van der Waals surface area contributed by atoms with Gasteiger partial charge in [-0.1, -0.05) is 5.16 Å². The second kappa shape index (κ2) is 3.23. The molecule has 0 aliphatic heterocycles. The minimum absolute atomic E-state index is 0.0244. The maximum absolute atomic E-state index is 10.8. The van der Waals surface area contributed by atoms with Crippen LogP contribution in [0, 0.1) is 17.0 Å². The van der Waals surface area contributed by atoms with Crippen LogP contribution in [0.15, 0.2) is 16.7 Å². The van der Waals surface area contributed by atoms with E-state index in [1.807, 2.05) is 0 Å². The highest BCUT2D eigenvalue weighted by Gasteiger charge is 2.17. The normalized spacial score (nSPS) is 10.5. The second-order valence-electron chi connectivity index (χ2n) is 3.14. The van der Waals surface area contributed by atoms with E-state index in [4.69, 9.17) is 4.52 Å². The molecule has 2 aromatic rings. The van der Waals surface area contributed by atoms with E-state index in [-0.39, 0.29) is 5.69 Å². The van der Waals surface area contributed by atoms with Gasteiger partial charge < -0.3 is 9.84 Å². The van der Waals surface area contributed by atoms with E-state index in [0.29, 0.717) is 22.4 Å². The molecule has 1 aromatic carbocycles. The molecular formula is C9H9N3O3. The van der Waals surface area contributed by atoms with Crippen molar-refractivity contribution in [2.75, 3.05) is 12.4 Å². The number of benzene rings is 1. The Morgan fingerprint density at radius 1 is 1.53 bits per heavy atom. The van der Waals surface area contributed by atoms with Crippen LogP contribution in [0.2, 0.25) is 0 Å². The van der Waals surface area contributed by atoms with Gasteiger partial charge in [-0.3, -0.25) is 10.1 Å². The van der Waals surface area contributed by atoms with Gasteiger partial charge in [-0.25, -0.2) is 0 Å². The van der Waals surface area contributed by atoms with Crippen molar-refractivity contribution in [2.24, 2.45) is 0 Å². The summed E-state index contributed by atoms with van der Waals surface area (Å²) in [5.41, 5.74) is 1.64. The van der Waals surface area contributed by atoms with Gasteiger partial charge in [0.05, 0.1) is 16.0 Å². The molecule has 1 heterocycles. The van der Waals surface area contributed by atoms with Crippen molar-refractivity contribution in [3.63, 3.8) is 0 Å². The molecule has 0 spiro atoms. The van der Waals surface area contributed by atoms with Crippen LogP contribution in [0.4, 0.5) is 11.4 Å². The number of nitrogens with one attached hydrogen (secondary N) is 1. The Morgan fingerprint density at radius 2 is 2.27 bits per heavy atom. The summed E-state index contributed by atoms with van der Waals surface area (Å²) in [6.07, 6.45) is 0. The Labute approximate surface area is 85.0 Å². The highest BCUT2D eigenvalue weighted by Crippen LogP contribution is 2.31. The van der Waals surface area contributed by atoms with Crippen LogP contribution in [0.1, 0.15) is 5.69 Å². The van der Waals surface area contributed by atoms with Gasteiger partial charge >= 0.3 is 0 Å². The molecule has 0 aliphatic carbocycles. The van der Waals surface area contributed by atoms with Crippen molar-refractivity contribution in [2.45, 2.75) is 6.92 Å². The first-order valence-corrected chi connectivity index (χ1v) is 4.35. The van der Waals surface area contributed by atoms with Crippen LogP contribution in [0.5, 0.6) is 0 Å². The molecule has 0 unspecified atom stereocenters. The van der Waals surface area contributed by atoms with Crippen molar-refractivity contribution in [1.82, 2.24) is 5.16 Å². The third-order valence-electron chi connectivity index (χ3n) is 2.23. The van der Waals surface area contributed by atoms with E-state index >= 15 is 0 Å². The predicted octanol–water partition coefficient (Wildman–Crippen LogP) is 2.09. The topological polar surface area (TPSA) is 81.2 Å². The molecule has 0 radical (unpaired) electrons. The van der Waals surface area contributed by atoms with E-state index in [1.165, 1.54) is 6.07 Å². The molecule has 0 amide bonds. The van der Waals surface area contributed by atoms with Gasteiger partial charge in [0, 0.05) is 19.2 Å². The summed E-state index contributed by atoms with van der Waals surface area (Å²) in [6.45, 7) is 1.74. The second-order valence-corrected chi connectivity index (χ2v) is 3.14. The molecule has 1 aromatic heterocycles. The molecule has 0 bridgehead atoms. The van der Waals surface area contributed by atoms with E-state index in [9.17, 15) is 10.1 Å². The molecule has 0 aliphatic rings. The number of aromatic nitrogens is 1. The average Bonchev–Trinajstić information content (AvgIpc) is 2.58. The standard InChI is InChI=1S/C9H9N3O3/c1-5-6-3-8(12(13)14)7(10-2)4-9(6)15-11-5/h3-4,10H,1-2H3. The van der Waals surface area contributed by atoms with Crippen LogP contribution < -0.4 is 5.32 Å². The zero-order chi connectivity index (χ0) is 11.0. The van der Waals surface area contributed by atoms with Crippen molar-refractivity contribution >= 4 is 22.3 Å². The highest BCUT2D eigenvalue weighted by atomic mass is 16.6. The molecule has 0 saturated heterocycles. The lowest BCUT2D eigenvalue weighted by Crippen LogP contribution is -1.96. The Kier molecular flexibility index (Phi) is 2.03. The molecule has 0 atom stereocenters. The van der Waals surface area contributed by atoms with Gasteiger partial charge in [0.25, 0.3) is 5.69 Å². The third kappa shape index (κ3) is 1.39. The number of hydrogen-bond donors (Lipinski definition) is 1. The summed E-state index contributed by atoms with van der Waals surface area (Å²) in [6, 6.07) is 3.04. The average molecular weight is 207 g/mol. The van der Waals surface area contributed by atoms with E-state index in [0.717, 1.165) is 0 Å². The van der Waals surface area contributed by atoms with Gasteiger partial charge in [0.1, 0.15) is 5.69 Å². The molecule has 2 rings (SSSR count). The fraction of sp³-hybridized carbons (Fsp3) is 0.222. The first-order valence-electron chi connectivity index (χ1n) is 4.35. The van der Waals surface area contributed by atoms with Crippen molar-refractivity contribution in [1.29, 1.82) is 0 Å². The summed E-state index contributed by atoms with van der Waals surface area (Å²) in [4.78, 5) is 10.3. The Morgan fingerprint density at radius 3 is 2.87 bits per heavy atom. The lowest BCUT2D eigenvalue weighted by molar-refractivity contribution is -0.383. The number of rotatable bonds is 2. The third-order valence-corrected chi connectivity index (χ3v) is 2.23. The van der Waals surface area contributed by atoms with Gasteiger partial charge in [-0.15, -0.1) is 0 Å². The molecule has 6 nitrogen and oxygen atoms in total. The number of hydrogen-bond acceptors (Lipinski definition) is 5. The van der Waals surface area contributed by atoms with Crippen LogP contribution >= 0.6 is 0 Å². The Hall–Kier alpha value is -2.11. The van der Waals surface area contributed by atoms with Gasteiger partial charge in [0.15, 0.2) is 5.58 Å². The Balaban J connectivity index is 2.77. The minimum atomic E-state index is -0.433. The van der Waals surface area contributed by atoms with Gasteiger partial charge in [0.2, 0.25) is 0 Å². The van der Waals surface area contributed by atoms with Crippen molar-refractivity contribution in [3.8, 4) is 0 Å². The van der Waals surface area contributed by atoms with E-state index in [2.05, 4.69) is 10.5 Å². The summed E-state index contributed by atoms with van der Waals surface area (Å²) < 4.78 is 5.01.